The van der Waals surface area contributed by atoms with E-state index in [2.05, 4.69) is 4.90 Å². The van der Waals surface area contributed by atoms with Crippen molar-refractivity contribution in [2.75, 3.05) is 32.8 Å². The molecule has 4 heteroatoms. The highest BCUT2D eigenvalue weighted by molar-refractivity contribution is 6.35. The molecule has 0 spiro atoms. The average Bonchev–Trinajstić information content (AvgIpc) is 2.33. The first kappa shape index (κ1) is 13.2. The van der Waals surface area contributed by atoms with Crippen molar-refractivity contribution < 1.29 is 4.74 Å². The van der Waals surface area contributed by atoms with Gasteiger partial charge in [0.1, 0.15) is 0 Å². The molecule has 1 aliphatic heterocycles. The summed E-state index contributed by atoms with van der Waals surface area (Å²) in [7, 11) is 0. The maximum absolute atomic E-state index is 6.13. The first-order chi connectivity index (χ1) is 8.25. The van der Waals surface area contributed by atoms with Crippen LogP contribution in [-0.4, -0.2) is 37.7 Å². The fraction of sp³-hybridized carbons (Fsp3) is 0.538. The summed E-state index contributed by atoms with van der Waals surface area (Å²) in [6.07, 6.45) is 2.13. The molecule has 0 bridgehead atoms. The van der Waals surface area contributed by atoms with Gasteiger partial charge in [0.2, 0.25) is 0 Å². The van der Waals surface area contributed by atoms with Crippen LogP contribution in [0.3, 0.4) is 0 Å². The number of nitrogens with zero attached hydrogens (tertiary/aromatic N) is 1. The number of benzene rings is 1. The molecule has 1 aromatic carbocycles. The smallest absolute Gasteiger partial charge is 0.0594 e. The largest absolute Gasteiger partial charge is 0.379 e. The molecule has 1 saturated heterocycles. The predicted octanol–water partition coefficient (Wildman–Crippen LogP) is 3.26. The third-order valence-corrected chi connectivity index (χ3v) is 3.63. The Labute approximate surface area is 112 Å². The van der Waals surface area contributed by atoms with Gasteiger partial charge in [-0.25, -0.2) is 0 Å². The minimum absolute atomic E-state index is 0.701. The van der Waals surface area contributed by atoms with Gasteiger partial charge in [-0.1, -0.05) is 29.3 Å². The van der Waals surface area contributed by atoms with Crippen LogP contribution in [0.1, 0.15) is 12.0 Å². The normalized spacial score (nSPS) is 17.3. The number of rotatable bonds is 4. The Morgan fingerprint density at radius 2 is 1.94 bits per heavy atom. The summed E-state index contributed by atoms with van der Waals surface area (Å²) in [6.45, 7) is 4.94. The highest BCUT2D eigenvalue weighted by atomic mass is 35.5. The summed E-state index contributed by atoms with van der Waals surface area (Å²) in [6, 6.07) is 5.73. The molecule has 1 fully saturated rings. The second-order valence-corrected chi connectivity index (χ2v) is 5.14. The molecule has 0 saturated carbocycles. The fourth-order valence-corrected chi connectivity index (χ4v) is 2.55. The van der Waals surface area contributed by atoms with Crippen molar-refractivity contribution in [3.8, 4) is 0 Å². The minimum atomic E-state index is 0.701. The third-order valence-electron chi connectivity index (χ3n) is 3.04. The average molecular weight is 274 g/mol. The highest BCUT2D eigenvalue weighted by Gasteiger charge is 2.09. The van der Waals surface area contributed by atoms with E-state index in [1.54, 1.807) is 0 Å². The van der Waals surface area contributed by atoms with E-state index in [9.17, 15) is 0 Å². The molecule has 94 valence electrons. The number of ether oxygens (including phenoxy) is 1. The van der Waals surface area contributed by atoms with E-state index < -0.39 is 0 Å². The number of hydrogen-bond acceptors (Lipinski definition) is 2. The van der Waals surface area contributed by atoms with E-state index in [-0.39, 0.29) is 0 Å². The van der Waals surface area contributed by atoms with Gasteiger partial charge in [0, 0.05) is 23.1 Å². The fourth-order valence-electron chi connectivity index (χ4n) is 2.04. The lowest BCUT2D eigenvalue weighted by Crippen LogP contribution is -2.36. The second kappa shape index (κ2) is 6.60. The summed E-state index contributed by atoms with van der Waals surface area (Å²) in [4.78, 5) is 2.44. The van der Waals surface area contributed by atoms with E-state index in [1.165, 1.54) is 5.56 Å². The quantitative estimate of drug-likeness (QED) is 0.835. The van der Waals surface area contributed by atoms with Gasteiger partial charge in [0.15, 0.2) is 0 Å². The van der Waals surface area contributed by atoms with Gasteiger partial charge in [-0.15, -0.1) is 0 Å². The molecular formula is C13H17Cl2NO. The lowest BCUT2D eigenvalue weighted by molar-refractivity contribution is 0.0375. The molecule has 0 atom stereocenters. The zero-order valence-corrected chi connectivity index (χ0v) is 11.3. The highest BCUT2D eigenvalue weighted by Crippen LogP contribution is 2.22. The maximum atomic E-state index is 6.13. The Morgan fingerprint density at radius 3 is 2.65 bits per heavy atom. The van der Waals surface area contributed by atoms with Crippen molar-refractivity contribution in [3.63, 3.8) is 0 Å². The maximum Gasteiger partial charge on any atom is 0.0594 e. The van der Waals surface area contributed by atoms with Gasteiger partial charge in [-0.3, -0.25) is 4.90 Å². The van der Waals surface area contributed by atoms with Crippen LogP contribution in [0.2, 0.25) is 10.0 Å². The Balaban J connectivity index is 1.77. The first-order valence-electron chi connectivity index (χ1n) is 6.00. The molecule has 0 aromatic heterocycles. The van der Waals surface area contributed by atoms with E-state index in [4.69, 9.17) is 27.9 Å². The van der Waals surface area contributed by atoms with Gasteiger partial charge < -0.3 is 4.74 Å². The molecule has 0 N–H and O–H groups in total. The second-order valence-electron chi connectivity index (χ2n) is 4.29. The molecule has 0 unspecified atom stereocenters. The van der Waals surface area contributed by atoms with Crippen molar-refractivity contribution in [3.05, 3.63) is 33.8 Å². The van der Waals surface area contributed by atoms with Crippen molar-refractivity contribution in [1.82, 2.24) is 4.90 Å². The molecule has 1 aliphatic rings. The zero-order valence-electron chi connectivity index (χ0n) is 9.79. The van der Waals surface area contributed by atoms with Crippen LogP contribution in [-0.2, 0) is 11.2 Å². The van der Waals surface area contributed by atoms with Gasteiger partial charge in [0.05, 0.1) is 13.2 Å². The minimum Gasteiger partial charge on any atom is -0.379 e. The molecule has 0 aliphatic carbocycles. The van der Waals surface area contributed by atoms with Gasteiger partial charge in [0.25, 0.3) is 0 Å². The lowest BCUT2D eigenvalue weighted by Gasteiger charge is -2.26. The zero-order chi connectivity index (χ0) is 12.1. The Morgan fingerprint density at radius 1 is 1.18 bits per heavy atom. The molecule has 17 heavy (non-hydrogen) atoms. The summed E-state index contributed by atoms with van der Waals surface area (Å²) in [5.41, 5.74) is 1.18. The Kier molecular flexibility index (Phi) is 5.11. The molecule has 0 amide bonds. The number of aryl methyl sites for hydroxylation is 1. The Hall–Kier alpha value is -0.280. The van der Waals surface area contributed by atoms with Crippen LogP contribution in [0.25, 0.3) is 0 Å². The summed E-state index contributed by atoms with van der Waals surface area (Å²) in [5, 5.41) is 1.48. The van der Waals surface area contributed by atoms with Crippen LogP contribution in [0.4, 0.5) is 0 Å². The summed E-state index contributed by atoms with van der Waals surface area (Å²) in [5.74, 6) is 0. The van der Waals surface area contributed by atoms with E-state index >= 15 is 0 Å². The third kappa shape index (κ3) is 4.14. The van der Waals surface area contributed by atoms with Crippen LogP contribution in [0, 0.1) is 0 Å². The standard InChI is InChI=1S/C13H17Cl2NO/c14-12-4-3-11(13(15)10-12)2-1-5-16-6-8-17-9-7-16/h3-4,10H,1-2,5-9H2. The molecule has 2 nitrogen and oxygen atoms in total. The monoisotopic (exact) mass is 273 g/mol. The Bertz CT molecular complexity index is 364. The van der Waals surface area contributed by atoms with Gasteiger partial charge in [-0.2, -0.15) is 0 Å². The van der Waals surface area contributed by atoms with Crippen LogP contribution < -0.4 is 0 Å². The SMILES string of the molecule is Clc1ccc(CCCN2CCOCC2)c(Cl)c1. The van der Waals surface area contributed by atoms with Crippen molar-refractivity contribution in [1.29, 1.82) is 0 Å². The van der Waals surface area contributed by atoms with Crippen molar-refractivity contribution in [2.45, 2.75) is 12.8 Å². The van der Waals surface area contributed by atoms with Gasteiger partial charge in [-0.05, 0) is 37.1 Å². The number of morpholine rings is 1. The van der Waals surface area contributed by atoms with Crippen molar-refractivity contribution in [2.24, 2.45) is 0 Å². The van der Waals surface area contributed by atoms with Gasteiger partial charge >= 0.3 is 0 Å². The van der Waals surface area contributed by atoms with Crippen LogP contribution >= 0.6 is 23.2 Å². The molecule has 2 rings (SSSR count). The van der Waals surface area contributed by atoms with E-state index in [0.717, 1.165) is 50.7 Å². The molecule has 0 radical (unpaired) electrons. The number of halogens is 2. The predicted molar refractivity (Wildman–Crippen MR) is 72.0 cm³/mol. The molecule has 1 aromatic rings. The lowest BCUT2D eigenvalue weighted by atomic mass is 10.1. The van der Waals surface area contributed by atoms with Crippen molar-refractivity contribution >= 4 is 23.2 Å². The van der Waals surface area contributed by atoms with Crippen LogP contribution in [0.15, 0.2) is 18.2 Å². The molecule has 1 heterocycles. The van der Waals surface area contributed by atoms with Crippen LogP contribution in [0.5, 0.6) is 0 Å². The topological polar surface area (TPSA) is 12.5 Å². The van der Waals surface area contributed by atoms with E-state index in [0.29, 0.717) is 5.02 Å². The first-order valence-corrected chi connectivity index (χ1v) is 6.75. The van der Waals surface area contributed by atoms with E-state index in [1.807, 2.05) is 18.2 Å². The molecular weight excluding hydrogens is 257 g/mol. The number of hydrogen-bond donors (Lipinski definition) is 0. The summed E-state index contributed by atoms with van der Waals surface area (Å²) >= 11 is 12.0. The summed E-state index contributed by atoms with van der Waals surface area (Å²) < 4.78 is 5.32.